The van der Waals surface area contributed by atoms with Crippen molar-refractivity contribution in [3.63, 3.8) is 0 Å². The van der Waals surface area contributed by atoms with Gasteiger partial charge in [-0.05, 0) is 48.4 Å². The van der Waals surface area contributed by atoms with Crippen molar-refractivity contribution in [3.05, 3.63) is 57.8 Å². The molecule has 0 heterocycles. The molecular weight excluding hydrogens is 296 g/mol. The van der Waals surface area contributed by atoms with Crippen LogP contribution >= 0.6 is 23.2 Å². The van der Waals surface area contributed by atoms with Gasteiger partial charge in [0.1, 0.15) is 5.82 Å². The lowest BCUT2D eigenvalue weighted by molar-refractivity contribution is 0.628. The Morgan fingerprint density at radius 2 is 1.90 bits per heavy atom. The van der Waals surface area contributed by atoms with Gasteiger partial charge in [0.05, 0.1) is 0 Å². The van der Waals surface area contributed by atoms with Gasteiger partial charge in [-0.2, -0.15) is 0 Å². The molecule has 0 bridgehead atoms. The van der Waals surface area contributed by atoms with Gasteiger partial charge in [0.2, 0.25) is 0 Å². The number of hydrogen-bond acceptors (Lipinski definition) is 1. The zero-order valence-electron chi connectivity index (χ0n) is 11.2. The first-order valence-corrected chi connectivity index (χ1v) is 7.31. The molecule has 0 saturated heterocycles. The van der Waals surface area contributed by atoms with Crippen molar-refractivity contribution >= 4 is 23.2 Å². The predicted molar refractivity (Wildman–Crippen MR) is 83.9 cm³/mol. The summed E-state index contributed by atoms with van der Waals surface area (Å²) in [4.78, 5) is 0. The molecule has 2 aromatic rings. The monoisotopic (exact) mass is 311 g/mol. The summed E-state index contributed by atoms with van der Waals surface area (Å²) in [6.07, 6.45) is 1.09. The molecule has 0 aliphatic carbocycles. The van der Waals surface area contributed by atoms with E-state index < -0.39 is 0 Å². The fourth-order valence-electron chi connectivity index (χ4n) is 2.02. The van der Waals surface area contributed by atoms with E-state index in [1.807, 2.05) is 18.2 Å². The highest BCUT2D eigenvalue weighted by molar-refractivity contribution is 6.34. The third-order valence-corrected chi connectivity index (χ3v) is 3.49. The largest absolute Gasteiger partial charge is 0.313 e. The van der Waals surface area contributed by atoms with Gasteiger partial charge in [0.25, 0.3) is 0 Å². The van der Waals surface area contributed by atoms with E-state index in [1.54, 1.807) is 6.07 Å². The van der Waals surface area contributed by atoms with Gasteiger partial charge in [-0.15, -0.1) is 0 Å². The third kappa shape index (κ3) is 3.95. The van der Waals surface area contributed by atoms with Crippen LogP contribution in [0.5, 0.6) is 0 Å². The van der Waals surface area contributed by atoms with Crippen molar-refractivity contribution in [2.24, 2.45) is 0 Å². The molecule has 1 nitrogen and oxygen atoms in total. The lowest BCUT2D eigenvalue weighted by Crippen LogP contribution is -2.13. The van der Waals surface area contributed by atoms with Gasteiger partial charge >= 0.3 is 0 Å². The average molecular weight is 312 g/mol. The molecule has 0 aromatic heterocycles. The molecule has 4 heteroatoms. The second kappa shape index (κ2) is 7.07. The third-order valence-electron chi connectivity index (χ3n) is 2.96. The van der Waals surface area contributed by atoms with Gasteiger partial charge in [0.15, 0.2) is 0 Å². The van der Waals surface area contributed by atoms with Crippen LogP contribution in [0.3, 0.4) is 0 Å². The van der Waals surface area contributed by atoms with E-state index in [9.17, 15) is 4.39 Å². The molecule has 0 aliphatic rings. The molecule has 1 N–H and O–H groups in total. The minimum absolute atomic E-state index is 0.364. The lowest BCUT2D eigenvalue weighted by atomic mass is 10.0. The van der Waals surface area contributed by atoms with Crippen LogP contribution < -0.4 is 5.32 Å². The highest BCUT2D eigenvalue weighted by Crippen LogP contribution is 2.31. The summed E-state index contributed by atoms with van der Waals surface area (Å²) < 4.78 is 13.4. The Morgan fingerprint density at radius 3 is 2.55 bits per heavy atom. The second-order valence-electron chi connectivity index (χ2n) is 4.65. The quantitative estimate of drug-likeness (QED) is 0.739. The van der Waals surface area contributed by atoms with Gasteiger partial charge < -0.3 is 5.32 Å². The van der Waals surface area contributed by atoms with Crippen LogP contribution in [0.4, 0.5) is 4.39 Å². The number of nitrogens with one attached hydrogen (secondary N) is 1. The van der Waals surface area contributed by atoms with Crippen molar-refractivity contribution in [2.45, 2.75) is 19.9 Å². The first-order chi connectivity index (χ1) is 9.60. The Kier molecular flexibility index (Phi) is 5.41. The molecule has 0 fully saturated rings. The van der Waals surface area contributed by atoms with Crippen molar-refractivity contribution in [1.82, 2.24) is 5.32 Å². The SMILES string of the molecule is CCCNCc1ccc(-c2cc(F)cc(Cl)c2)c(Cl)c1. The first-order valence-electron chi connectivity index (χ1n) is 6.55. The summed E-state index contributed by atoms with van der Waals surface area (Å²) in [6.45, 7) is 3.87. The maximum atomic E-state index is 13.4. The van der Waals surface area contributed by atoms with Crippen LogP contribution in [0, 0.1) is 5.82 Å². The van der Waals surface area contributed by atoms with E-state index in [2.05, 4.69) is 12.2 Å². The van der Waals surface area contributed by atoms with E-state index in [-0.39, 0.29) is 5.82 Å². The second-order valence-corrected chi connectivity index (χ2v) is 5.49. The molecule has 0 radical (unpaired) electrons. The Morgan fingerprint density at radius 1 is 1.10 bits per heavy atom. The topological polar surface area (TPSA) is 12.0 Å². The maximum Gasteiger partial charge on any atom is 0.125 e. The molecule has 2 rings (SSSR count). The predicted octanol–water partition coefficient (Wildman–Crippen LogP) is 5.30. The molecule has 0 spiro atoms. The van der Waals surface area contributed by atoms with Gasteiger partial charge in [-0.1, -0.05) is 42.3 Å². The van der Waals surface area contributed by atoms with Crippen LogP contribution in [-0.2, 0) is 6.54 Å². The number of halogens is 3. The van der Waals surface area contributed by atoms with Crippen molar-refractivity contribution in [2.75, 3.05) is 6.54 Å². The summed E-state index contributed by atoms with van der Waals surface area (Å²) in [7, 11) is 0. The minimum atomic E-state index is -0.364. The summed E-state index contributed by atoms with van der Waals surface area (Å²) in [5, 5.41) is 4.28. The van der Waals surface area contributed by atoms with E-state index in [4.69, 9.17) is 23.2 Å². The molecule has 0 aliphatic heterocycles. The van der Waals surface area contributed by atoms with Gasteiger partial charge in [-0.25, -0.2) is 4.39 Å². The maximum absolute atomic E-state index is 13.4. The zero-order chi connectivity index (χ0) is 14.5. The van der Waals surface area contributed by atoms with Crippen molar-refractivity contribution in [3.8, 4) is 11.1 Å². The molecule has 0 atom stereocenters. The number of hydrogen-bond donors (Lipinski definition) is 1. The van der Waals surface area contributed by atoms with Crippen molar-refractivity contribution in [1.29, 1.82) is 0 Å². The van der Waals surface area contributed by atoms with Crippen LogP contribution in [0.15, 0.2) is 36.4 Å². The molecule has 0 amide bonds. The molecule has 0 saturated carbocycles. The van der Waals surface area contributed by atoms with Gasteiger partial charge in [-0.3, -0.25) is 0 Å². The molecule has 20 heavy (non-hydrogen) atoms. The molecular formula is C16H16Cl2FN. The van der Waals surface area contributed by atoms with Crippen molar-refractivity contribution < 1.29 is 4.39 Å². The summed E-state index contributed by atoms with van der Waals surface area (Å²) in [5.74, 6) is -0.364. The lowest BCUT2D eigenvalue weighted by Gasteiger charge is -2.09. The fraction of sp³-hybridized carbons (Fsp3) is 0.250. The van der Waals surface area contributed by atoms with E-state index in [0.29, 0.717) is 15.6 Å². The summed E-state index contributed by atoms with van der Waals surface area (Å²) >= 11 is 12.2. The molecule has 2 aromatic carbocycles. The Labute approximate surface area is 128 Å². The normalized spacial score (nSPS) is 10.8. The molecule has 0 unspecified atom stereocenters. The Balaban J connectivity index is 2.25. The summed E-state index contributed by atoms with van der Waals surface area (Å²) in [6, 6.07) is 10.2. The van der Waals surface area contributed by atoms with E-state index >= 15 is 0 Å². The minimum Gasteiger partial charge on any atom is -0.313 e. The Hall–Kier alpha value is -1.09. The van der Waals surface area contributed by atoms with Crippen LogP contribution in [0.1, 0.15) is 18.9 Å². The number of rotatable bonds is 5. The number of benzene rings is 2. The Bertz CT molecular complexity index is 579. The highest BCUT2D eigenvalue weighted by Gasteiger charge is 2.07. The summed E-state index contributed by atoms with van der Waals surface area (Å²) in [5.41, 5.74) is 2.58. The standard InChI is InChI=1S/C16H16Cl2FN/c1-2-5-20-10-11-3-4-15(16(18)6-11)12-7-13(17)9-14(19)8-12/h3-4,6-9,20H,2,5,10H2,1H3. The molecule has 106 valence electrons. The van der Waals surface area contributed by atoms with Crippen LogP contribution in [0.2, 0.25) is 10.0 Å². The first kappa shape index (κ1) is 15.3. The highest BCUT2D eigenvalue weighted by atomic mass is 35.5. The smallest absolute Gasteiger partial charge is 0.125 e. The van der Waals surface area contributed by atoms with Gasteiger partial charge in [0, 0.05) is 22.2 Å². The van der Waals surface area contributed by atoms with E-state index in [0.717, 1.165) is 30.6 Å². The van der Waals surface area contributed by atoms with Crippen LogP contribution in [-0.4, -0.2) is 6.54 Å². The zero-order valence-corrected chi connectivity index (χ0v) is 12.7. The van der Waals surface area contributed by atoms with Crippen LogP contribution in [0.25, 0.3) is 11.1 Å². The average Bonchev–Trinajstić information content (AvgIpc) is 2.38. The fourth-order valence-corrected chi connectivity index (χ4v) is 2.56. The van der Waals surface area contributed by atoms with E-state index in [1.165, 1.54) is 12.1 Å².